The Bertz CT molecular complexity index is 318. The average Bonchev–Trinajstić information content (AvgIpc) is 2.15. The molecule has 1 aromatic rings. The first kappa shape index (κ1) is 12.2. The molecule has 1 atom stereocenters. The third-order valence-corrected chi connectivity index (χ3v) is 2.73. The molecule has 0 aliphatic heterocycles. The number of hydrogen-bond acceptors (Lipinski definition) is 1. The standard InChI is InChI=1S/C13H20FN/c1-10(2)8-9-13(3,15)11-6-4-5-7-12(11)14/h4-7,10H,8-9,15H2,1-3H3. The molecule has 15 heavy (non-hydrogen) atoms. The summed E-state index contributed by atoms with van der Waals surface area (Å²) in [5.74, 6) is 0.394. The van der Waals surface area contributed by atoms with Gasteiger partial charge in [0, 0.05) is 11.1 Å². The van der Waals surface area contributed by atoms with Gasteiger partial charge in [0.25, 0.3) is 0 Å². The summed E-state index contributed by atoms with van der Waals surface area (Å²) in [4.78, 5) is 0. The minimum Gasteiger partial charge on any atom is -0.322 e. The lowest BCUT2D eigenvalue weighted by Crippen LogP contribution is -2.34. The highest BCUT2D eigenvalue weighted by atomic mass is 19.1. The number of benzene rings is 1. The van der Waals surface area contributed by atoms with Gasteiger partial charge in [0.15, 0.2) is 0 Å². The van der Waals surface area contributed by atoms with Gasteiger partial charge in [-0.15, -0.1) is 0 Å². The van der Waals surface area contributed by atoms with Gasteiger partial charge in [-0.2, -0.15) is 0 Å². The lowest BCUT2D eigenvalue weighted by atomic mass is 9.86. The molecule has 84 valence electrons. The van der Waals surface area contributed by atoms with E-state index in [2.05, 4.69) is 13.8 Å². The van der Waals surface area contributed by atoms with Crippen molar-refractivity contribution in [3.05, 3.63) is 35.6 Å². The Morgan fingerprint density at radius 2 is 1.93 bits per heavy atom. The van der Waals surface area contributed by atoms with E-state index in [1.165, 1.54) is 6.07 Å². The van der Waals surface area contributed by atoms with Gasteiger partial charge in [0.05, 0.1) is 0 Å². The van der Waals surface area contributed by atoms with Crippen molar-refractivity contribution in [1.29, 1.82) is 0 Å². The van der Waals surface area contributed by atoms with Crippen molar-refractivity contribution in [2.24, 2.45) is 11.7 Å². The topological polar surface area (TPSA) is 26.0 Å². The fourth-order valence-electron chi connectivity index (χ4n) is 1.65. The summed E-state index contributed by atoms with van der Waals surface area (Å²) in [5, 5.41) is 0. The van der Waals surface area contributed by atoms with Crippen LogP contribution in [0.3, 0.4) is 0 Å². The molecule has 2 heteroatoms. The van der Waals surface area contributed by atoms with Crippen LogP contribution < -0.4 is 5.73 Å². The van der Waals surface area contributed by atoms with Crippen LogP contribution >= 0.6 is 0 Å². The molecule has 0 bridgehead atoms. The van der Waals surface area contributed by atoms with Crippen molar-refractivity contribution in [3.8, 4) is 0 Å². The van der Waals surface area contributed by atoms with Crippen molar-refractivity contribution in [3.63, 3.8) is 0 Å². The van der Waals surface area contributed by atoms with Gasteiger partial charge >= 0.3 is 0 Å². The van der Waals surface area contributed by atoms with E-state index in [4.69, 9.17) is 5.73 Å². The van der Waals surface area contributed by atoms with Crippen molar-refractivity contribution in [2.75, 3.05) is 0 Å². The maximum atomic E-state index is 13.5. The van der Waals surface area contributed by atoms with Crippen molar-refractivity contribution in [1.82, 2.24) is 0 Å². The van der Waals surface area contributed by atoms with Gasteiger partial charge < -0.3 is 5.73 Å². The summed E-state index contributed by atoms with van der Waals surface area (Å²) in [6.45, 7) is 6.20. The van der Waals surface area contributed by atoms with Crippen LogP contribution in [-0.4, -0.2) is 0 Å². The summed E-state index contributed by atoms with van der Waals surface area (Å²) in [7, 11) is 0. The van der Waals surface area contributed by atoms with Gasteiger partial charge in [0.2, 0.25) is 0 Å². The van der Waals surface area contributed by atoms with E-state index in [1.807, 2.05) is 13.0 Å². The Hall–Kier alpha value is -0.890. The lowest BCUT2D eigenvalue weighted by Gasteiger charge is -2.26. The second-order valence-corrected chi connectivity index (χ2v) is 4.83. The van der Waals surface area contributed by atoms with Crippen molar-refractivity contribution in [2.45, 2.75) is 39.2 Å². The predicted octanol–water partition coefficient (Wildman–Crippen LogP) is 3.44. The molecule has 0 aliphatic rings. The lowest BCUT2D eigenvalue weighted by molar-refractivity contribution is 0.382. The normalized spacial score (nSPS) is 15.3. The summed E-state index contributed by atoms with van der Waals surface area (Å²) < 4.78 is 13.5. The first-order valence-electron chi connectivity index (χ1n) is 5.47. The van der Waals surface area contributed by atoms with Gasteiger partial charge in [-0.05, 0) is 31.7 Å². The van der Waals surface area contributed by atoms with E-state index >= 15 is 0 Å². The van der Waals surface area contributed by atoms with Crippen LogP contribution in [0.15, 0.2) is 24.3 Å². The Morgan fingerprint density at radius 3 is 2.47 bits per heavy atom. The predicted molar refractivity (Wildman–Crippen MR) is 62.0 cm³/mol. The van der Waals surface area contributed by atoms with Crippen molar-refractivity contribution < 1.29 is 4.39 Å². The fraction of sp³-hybridized carbons (Fsp3) is 0.538. The largest absolute Gasteiger partial charge is 0.322 e. The molecule has 0 fully saturated rings. The Kier molecular flexibility index (Phi) is 3.86. The van der Waals surface area contributed by atoms with E-state index in [0.29, 0.717) is 11.5 Å². The number of halogens is 1. The van der Waals surface area contributed by atoms with Crippen LogP contribution in [0.4, 0.5) is 4.39 Å². The van der Waals surface area contributed by atoms with Gasteiger partial charge in [0.1, 0.15) is 5.82 Å². The molecule has 1 rings (SSSR count). The highest BCUT2D eigenvalue weighted by Crippen LogP contribution is 2.26. The van der Waals surface area contributed by atoms with Crippen LogP contribution in [0.5, 0.6) is 0 Å². The minimum absolute atomic E-state index is 0.203. The molecule has 0 heterocycles. The van der Waals surface area contributed by atoms with Crippen molar-refractivity contribution >= 4 is 0 Å². The molecular weight excluding hydrogens is 189 g/mol. The van der Waals surface area contributed by atoms with Crippen LogP contribution in [0.2, 0.25) is 0 Å². The second kappa shape index (κ2) is 4.75. The monoisotopic (exact) mass is 209 g/mol. The zero-order valence-electron chi connectivity index (χ0n) is 9.76. The summed E-state index contributed by atoms with van der Waals surface area (Å²) >= 11 is 0. The highest BCUT2D eigenvalue weighted by Gasteiger charge is 2.24. The van der Waals surface area contributed by atoms with Crippen LogP contribution in [0, 0.1) is 11.7 Å². The molecule has 2 N–H and O–H groups in total. The van der Waals surface area contributed by atoms with E-state index < -0.39 is 5.54 Å². The molecule has 0 radical (unpaired) electrons. The third-order valence-electron chi connectivity index (χ3n) is 2.73. The Balaban J connectivity index is 2.81. The van der Waals surface area contributed by atoms with Crippen LogP contribution in [0.1, 0.15) is 39.2 Å². The summed E-state index contributed by atoms with van der Waals surface area (Å²) in [6, 6.07) is 6.77. The Labute approximate surface area is 91.5 Å². The fourth-order valence-corrected chi connectivity index (χ4v) is 1.65. The SMILES string of the molecule is CC(C)CCC(C)(N)c1ccccc1F. The molecule has 0 spiro atoms. The quantitative estimate of drug-likeness (QED) is 0.807. The second-order valence-electron chi connectivity index (χ2n) is 4.83. The maximum absolute atomic E-state index is 13.5. The van der Waals surface area contributed by atoms with E-state index in [1.54, 1.807) is 12.1 Å². The first-order valence-corrected chi connectivity index (χ1v) is 5.47. The zero-order chi connectivity index (χ0) is 11.5. The van der Waals surface area contributed by atoms with Gasteiger partial charge in [-0.1, -0.05) is 32.0 Å². The summed E-state index contributed by atoms with van der Waals surface area (Å²) in [5.41, 5.74) is 6.20. The molecular formula is C13H20FN. The molecule has 0 saturated carbocycles. The van der Waals surface area contributed by atoms with E-state index in [-0.39, 0.29) is 5.82 Å². The molecule has 0 aromatic heterocycles. The highest BCUT2D eigenvalue weighted by molar-refractivity contribution is 5.24. The molecule has 1 nitrogen and oxygen atoms in total. The minimum atomic E-state index is -0.560. The van der Waals surface area contributed by atoms with E-state index in [9.17, 15) is 4.39 Å². The van der Waals surface area contributed by atoms with Crippen LogP contribution in [0.25, 0.3) is 0 Å². The average molecular weight is 209 g/mol. The third kappa shape index (κ3) is 3.31. The number of hydrogen-bond donors (Lipinski definition) is 1. The van der Waals surface area contributed by atoms with E-state index in [0.717, 1.165) is 12.8 Å². The van der Waals surface area contributed by atoms with Gasteiger partial charge in [-0.25, -0.2) is 4.39 Å². The molecule has 1 unspecified atom stereocenters. The van der Waals surface area contributed by atoms with Crippen LogP contribution in [-0.2, 0) is 5.54 Å². The Morgan fingerprint density at radius 1 is 1.33 bits per heavy atom. The first-order chi connectivity index (χ1) is 6.93. The maximum Gasteiger partial charge on any atom is 0.128 e. The molecule has 0 aliphatic carbocycles. The number of rotatable bonds is 4. The summed E-state index contributed by atoms with van der Waals surface area (Å²) in [6.07, 6.45) is 1.83. The molecule has 0 amide bonds. The van der Waals surface area contributed by atoms with Gasteiger partial charge in [-0.3, -0.25) is 0 Å². The molecule has 0 saturated heterocycles. The number of nitrogens with two attached hydrogens (primary N) is 1. The smallest absolute Gasteiger partial charge is 0.128 e. The zero-order valence-corrected chi connectivity index (χ0v) is 9.76. The molecule has 1 aromatic carbocycles.